The summed E-state index contributed by atoms with van der Waals surface area (Å²) in [5, 5.41) is 0. The van der Waals surface area contributed by atoms with Crippen molar-refractivity contribution in [2.24, 2.45) is 0 Å². The second kappa shape index (κ2) is 5.01. The predicted octanol–water partition coefficient (Wildman–Crippen LogP) is 2.93. The minimum atomic E-state index is 0.447. The molecule has 0 aliphatic rings. The zero-order chi connectivity index (χ0) is 15.0. The van der Waals surface area contributed by atoms with Crippen LogP contribution in [0.25, 0.3) is 16.7 Å². The first kappa shape index (κ1) is 13.3. The molecule has 5 nitrogen and oxygen atoms in total. The molecule has 5 heteroatoms. The summed E-state index contributed by atoms with van der Waals surface area (Å²) in [6, 6.07) is 11.7. The summed E-state index contributed by atoms with van der Waals surface area (Å²) < 4.78 is 12.4. The van der Waals surface area contributed by atoms with Gasteiger partial charge in [0.25, 0.3) is 0 Å². The van der Waals surface area contributed by atoms with Crippen LogP contribution in [0.5, 0.6) is 11.5 Å². The summed E-state index contributed by atoms with van der Waals surface area (Å²) >= 11 is 0. The van der Waals surface area contributed by atoms with Crippen molar-refractivity contribution < 1.29 is 9.47 Å². The Labute approximate surface area is 122 Å². The zero-order valence-electron chi connectivity index (χ0n) is 12.3. The predicted molar refractivity (Wildman–Crippen MR) is 83.3 cm³/mol. The Morgan fingerprint density at radius 3 is 2.52 bits per heavy atom. The minimum absolute atomic E-state index is 0.447. The third kappa shape index (κ3) is 2.16. The molecular weight excluding hydrogens is 266 g/mol. The Kier molecular flexibility index (Phi) is 3.17. The van der Waals surface area contributed by atoms with E-state index >= 15 is 0 Å². The minimum Gasteiger partial charge on any atom is -0.497 e. The smallest absolute Gasteiger partial charge is 0.205 e. The monoisotopic (exact) mass is 283 g/mol. The fourth-order valence-electron chi connectivity index (χ4n) is 2.48. The number of aromatic nitrogens is 2. The van der Waals surface area contributed by atoms with Crippen LogP contribution in [0, 0.1) is 6.92 Å². The lowest BCUT2D eigenvalue weighted by atomic mass is 10.2. The Hall–Kier alpha value is -2.69. The molecule has 1 heterocycles. The molecule has 0 saturated heterocycles. The van der Waals surface area contributed by atoms with Crippen LogP contribution in [0.3, 0.4) is 0 Å². The maximum absolute atomic E-state index is 6.08. The molecule has 0 radical (unpaired) electrons. The molecule has 0 unspecified atom stereocenters. The third-order valence-corrected chi connectivity index (χ3v) is 3.52. The van der Waals surface area contributed by atoms with Gasteiger partial charge < -0.3 is 15.2 Å². The maximum Gasteiger partial charge on any atom is 0.205 e. The molecule has 0 atom stereocenters. The highest BCUT2D eigenvalue weighted by molar-refractivity contribution is 5.82. The average Bonchev–Trinajstić information content (AvgIpc) is 2.81. The van der Waals surface area contributed by atoms with E-state index in [0.29, 0.717) is 5.95 Å². The molecule has 3 aromatic rings. The number of methoxy groups -OCH3 is 2. The molecule has 2 N–H and O–H groups in total. The quantitative estimate of drug-likeness (QED) is 0.802. The van der Waals surface area contributed by atoms with Crippen LogP contribution in [0.1, 0.15) is 5.56 Å². The number of aryl methyl sites for hydroxylation is 1. The number of benzene rings is 2. The average molecular weight is 283 g/mol. The van der Waals surface area contributed by atoms with Crippen molar-refractivity contribution in [2.45, 2.75) is 6.92 Å². The van der Waals surface area contributed by atoms with Gasteiger partial charge in [-0.05, 0) is 42.8 Å². The highest BCUT2D eigenvalue weighted by Crippen LogP contribution is 2.28. The number of anilines is 1. The summed E-state index contributed by atoms with van der Waals surface area (Å²) in [5.74, 6) is 2.06. The summed E-state index contributed by atoms with van der Waals surface area (Å²) in [4.78, 5) is 4.40. The van der Waals surface area contributed by atoms with Crippen LogP contribution < -0.4 is 15.2 Å². The molecule has 0 spiro atoms. The van der Waals surface area contributed by atoms with Gasteiger partial charge in [0.15, 0.2) is 0 Å². The van der Waals surface area contributed by atoms with Crippen LogP contribution in [0.4, 0.5) is 5.95 Å². The van der Waals surface area contributed by atoms with E-state index in [9.17, 15) is 0 Å². The molecule has 0 bridgehead atoms. The van der Waals surface area contributed by atoms with Gasteiger partial charge in [0, 0.05) is 11.8 Å². The lowest BCUT2D eigenvalue weighted by molar-refractivity contribution is 0.411. The molecule has 0 saturated carbocycles. The van der Waals surface area contributed by atoms with E-state index in [4.69, 9.17) is 15.2 Å². The summed E-state index contributed by atoms with van der Waals surface area (Å²) in [5.41, 5.74) is 9.83. The Bertz CT molecular complexity index is 809. The van der Waals surface area contributed by atoms with Gasteiger partial charge >= 0.3 is 0 Å². The van der Waals surface area contributed by atoms with Crippen molar-refractivity contribution in [1.82, 2.24) is 9.55 Å². The Morgan fingerprint density at radius 2 is 1.86 bits per heavy atom. The van der Waals surface area contributed by atoms with E-state index in [0.717, 1.165) is 33.8 Å². The first-order valence-electron chi connectivity index (χ1n) is 6.61. The number of hydrogen-bond donors (Lipinski definition) is 1. The summed E-state index contributed by atoms with van der Waals surface area (Å²) in [7, 11) is 3.30. The highest BCUT2D eigenvalue weighted by atomic mass is 16.5. The highest BCUT2D eigenvalue weighted by Gasteiger charge is 2.12. The van der Waals surface area contributed by atoms with Crippen LogP contribution in [0.15, 0.2) is 36.4 Å². The number of fused-ring (bicyclic) bond motifs is 1. The van der Waals surface area contributed by atoms with Crippen molar-refractivity contribution in [3.63, 3.8) is 0 Å². The number of hydrogen-bond acceptors (Lipinski definition) is 4. The molecule has 1 aromatic heterocycles. The summed E-state index contributed by atoms with van der Waals surface area (Å²) in [6.07, 6.45) is 0. The topological polar surface area (TPSA) is 62.3 Å². The van der Waals surface area contributed by atoms with Gasteiger partial charge in [-0.25, -0.2) is 4.98 Å². The number of imidazole rings is 1. The van der Waals surface area contributed by atoms with E-state index in [1.54, 1.807) is 14.2 Å². The van der Waals surface area contributed by atoms with Crippen LogP contribution in [-0.2, 0) is 0 Å². The number of rotatable bonds is 3. The van der Waals surface area contributed by atoms with Crippen molar-refractivity contribution in [3.05, 3.63) is 42.0 Å². The number of nitrogens with zero attached hydrogens (tertiary/aromatic N) is 2. The number of ether oxygens (including phenoxy) is 2. The van der Waals surface area contributed by atoms with Gasteiger partial charge in [0.05, 0.1) is 25.3 Å². The maximum atomic E-state index is 6.08. The van der Waals surface area contributed by atoms with Crippen LogP contribution >= 0.6 is 0 Å². The standard InChI is InChI=1S/C16H17N3O2/c1-10-8-11(4-7-15(10)21-3)19-14-6-5-12(20-2)9-13(14)18-16(19)17/h4-9H,1-3H3,(H2,17,18). The molecule has 0 fully saturated rings. The molecule has 0 aliphatic heterocycles. The molecule has 21 heavy (non-hydrogen) atoms. The fourth-order valence-corrected chi connectivity index (χ4v) is 2.48. The Morgan fingerprint density at radius 1 is 1.05 bits per heavy atom. The number of nitrogens with two attached hydrogens (primary N) is 1. The van der Waals surface area contributed by atoms with E-state index < -0.39 is 0 Å². The largest absolute Gasteiger partial charge is 0.497 e. The lowest BCUT2D eigenvalue weighted by Crippen LogP contribution is -2.01. The van der Waals surface area contributed by atoms with E-state index in [1.165, 1.54) is 0 Å². The Balaban J connectivity index is 2.20. The van der Waals surface area contributed by atoms with Gasteiger partial charge in [-0.3, -0.25) is 4.57 Å². The summed E-state index contributed by atoms with van der Waals surface area (Å²) in [6.45, 7) is 2.00. The van der Waals surface area contributed by atoms with Crippen molar-refractivity contribution in [3.8, 4) is 17.2 Å². The van der Waals surface area contributed by atoms with E-state index in [1.807, 2.05) is 47.9 Å². The third-order valence-electron chi connectivity index (χ3n) is 3.52. The van der Waals surface area contributed by atoms with E-state index in [2.05, 4.69) is 4.98 Å². The molecule has 3 rings (SSSR count). The van der Waals surface area contributed by atoms with Crippen LogP contribution in [-0.4, -0.2) is 23.8 Å². The van der Waals surface area contributed by atoms with Crippen LogP contribution in [0.2, 0.25) is 0 Å². The first-order chi connectivity index (χ1) is 10.1. The van der Waals surface area contributed by atoms with Crippen molar-refractivity contribution in [2.75, 3.05) is 20.0 Å². The first-order valence-corrected chi connectivity index (χ1v) is 6.61. The SMILES string of the molecule is COc1ccc2c(c1)nc(N)n2-c1ccc(OC)c(C)c1. The molecule has 2 aromatic carbocycles. The van der Waals surface area contributed by atoms with E-state index in [-0.39, 0.29) is 0 Å². The van der Waals surface area contributed by atoms with Gasteiger partial charge in [0.2, 0.25) is 5.95 Å². The zero-order valence-corrected chi connectivity index (χ0v) is 12.3. The molecule has 0 amide bonds. The molecule has 108 valence electrons. The van der Waals surface area contributed by atoms with Crippen molar-refractivity contribution >= 4 is 17.0 Å². The fraction of sp³-hybridized carbons (Fsp3) is 0.188. The van der Waals surface area contributed by atoms with Gasteiger partial charge in [0.1, 0.15) is 11.5 Å². The van der Waals surface area contributed by atoms with Crippen molar-refractivity contribution in [1.29, 1.82) is 0 Å². The molecule has 0 aliphatic carbocycles. The van der Waals surface area contributed by atoms with Gasteiger partial charge in [-0.1, -0.05) is 0 Å². The van der Waals surface area contributed by atoms with Gasteiger partial charge in [-0.2, -0.15) is 0 Å². The van der Waals surface area contributed by atoms with Gasteiger partial charge in [-0.15, -0.1) is 0 Å². The number of nitrogen functional groups attached to an aromatic ring is 1. The second-order valence-corrected chi connectivity index (χ2v) is 4.81. The normalized spacial score (nSPS) is 10.8. The lowest BCUT2D eigenvalue weighted by Gasteiger charge is -2.10. The second-order valence-electron chi connectivity index (χ2n) is 4.81. The molecular formula is C16H17N3O2.